The first kappa shape index (κ1) is 11.6. The van der Waals surface area contributed by atoms with Crippen LogP contribution in [0, 0.1) is 0 Å². The molecule has 1 saturated heterocycles. The van der Waals surface area contributed by atoms with E-state index in [2.05, 4.69) is 20.5 Å². The van der Waals surface area contributed by atoms with E-state index in [1.165, 1.54) is 0 Å². The average Bonchev–Trinajstić information content (AvgIpc) is 2.93. The summed E-state index contributed by atoms with van der Waals surface area (Å²) in [6.45, 7) is 3.31. The molecular formula is C12H18N4O2. The molecule has 1 aliphatic carbocycles. The Kier molecular flexibility index (Phi) is 2.81. The van der Waals surface area contributed by atoms with Crippen molar-refractivity contribution in [3.63, 3.8) is 0 Å². The molecular weight excluding hydrogens is 232 g/mol. The van der Waals surface area contributed by atoms with Crippen molar-refractivity contribution in [3.05, 3.63) is 11.6 Å². The number of aromatic nitrogens is 3. The highest BCUT2D eigenvalue weighted by Crippen LogP contribution is 2.37. The number of hydrogen-bond donors (Lipinski definition) is 2. The molecule has 2 N–H and O–H groups in total. The summed E-state index contributed by atoms with van der Waals surface area (Å²) in [5.41, 5.74) is -0.231. The van der Waals surface area contributed by atoms with Gasteiger partial charge in [0.1, 0.15) is 5.82 Å². The molecule has 1 amide bonds. The number of amides is 1. The van der Waals surface area contributed by atoms with E-state index in [9.17, 15) is 4.79 Å². The molecule has 1 aliphatic heterocycles. The van der Waals surface area contributed by atoms with Gasteiger partial charge in [-0.25, -0.2) is 4.98 Å². The van der Waals surface area contributed by atoms with Crippen molar-refractivity contribution in [1.82, 2.24) is 20.5 Å². The van der Waals surface area contributed by atoms with E-state index >= 15 is 0 Å². The monoisotopic (exact) mass is 250 g/mol. The summed E-state index contributed by atoms with van der Waals surface area (Å²) in [5, 5.41) is 9.63. The predicted molar refractivity (Wildman–Crippen MR) is 64.3 cm³/mol. The maximum Gasteiger partial charge on any atom is 0.291 e. The maximum atomic E-state index is 11.9. The van der Waals surface area contributed by atoms with Gasteiger partial charge in [0, 0.05) is 19.1 Å². The van der Waals surface area contributed by atoms with E-state index in [1.807, 2.05) is 6.92 Å². The van der Waals surface area contributed by atoms with E-state index in [-0.39, 0.29) is 17.3 Å². The minimum atomic E-state index is -0.231. The van der Waals surface area contributed by atoms with Crippen LogP contribution < -0.4 is 5.32 Å². The number of carbonyl (C=O) groups is 1. The average molecular weight is 250 g/mol. The molecule has 2 aliphatic rings. The zero-order valence-electron chi connectivity index (χ0n) is 10.5. The van der Waals surface area contributed by atoms with Crippen LogP contribution in [0.1, 0.15) is 55.0 Å². The van der Waals surface area contributed by atoms with Crippen LogP contribution in [0.4, 0.5) is 0 Å². The first-order valence-corrected chi connectivity index (χ1v) is 6.51. The molecule has 2 fully saturated rings. The zero-order chi connectivity index (χ0) is 12.6. The highest BCUT2D eigenvalue weighted by molar-refractivity contribution is 5.90. The molecule has 18 heavy (non-hydrogen) atoms. The summed E-state index contributed by atoms with van der Waals surface area (Å²) >= 11 is 0. The van der Waals surface area contributed by atoms with E-state index < -0.39 is 0 Å². The summed E-state index contributed by atoms with van der Waals surface area (Å²) in [6.07, 6.45) is 4.32. The molecule has 0 spiro atoms. The van der Waals surface area contributed by atoms with E-state index in [0.29, 0.717) is 12.5 Å². The van der Waals surface area contributed by atoms with Gasteiger partial charge >= 0.3 is 0 Å². The van der Waals surface area contributed by atoms with Crippen LogP contribution in [0.25, 0.3) is 0 Å². The Labute approximate surface area is 106 Å². The van der Waals surface area contributed by atoms with Gasteiger partial charge in [-0.05, 0) is 32.6 Å². The molecule has 0 aromatic carbocycles. The number of hydrogen-bond acceptors (Lipinski definition) is 4. The molecule has 2 heterocycles. The van der Waals surface area contributed by atoms with Gasteiger partial charge in [-0.15, -0.1) is 5.10 Å². The van der Waals surface area contributed by atoms with Crippen molar-refractivity contribution in [1.29, 1.82) is 0 Å². The van der Waals surface area contributed by atoms with Gasteiger partial charge in [-0.3, -0.25) is 9.89 Å². The van der Waals surface area contributed by atoms with Crippen LogP contribution in [0.5, 0.6) is 0 Å². The van der Waals surface area contributed by atoms with Crippen LogP contribution >= 0.6 is 0 Å². The second-order valence-electron chi connectivity index (χ2n) is 5.40. The lowest BCUT2D eigenvalue weighted by atomic mass is 10.0. The zero-order valence-corrected chi connectivity index (χ0v) is 10.5. The SMILES string of the molecule is CC1(CNC(=O)c2n[nH]c(C3CC3)n2)CCCO1. The summed E-state index contributed by atoms with van der Waals surface area (Å²) in [7, 11) is 0. The molecule has 1 aromatic rings. The van der Waals surface area contributed by atoms with Crippen LogP contribution in [0.2, 0.25) is 0 Å². The summed E-state index contributed by atoms with van der Waals surface area (Å²) in [6, 6.07) is 0. The standard InChI is InChI=1S/C12H18N4O2/c1-12(5-2-6-18-12)7-13-11(17)10-14-9(15-16-10)8-3-4-8/h8H,2-7H2,1H3,(H,13,17)(H,14,15,16). The van der Waals surface area contributed by atoms with Crippen molar-refractivity contribution in [2.24, 2.45) is 0 Å². The van der Waals surface area contributed by atoms with E-state index in [4.69, 9.17) is 4.74 Å². The lowest BCUT2D eigenvalue weighted by molar-refractivity contribution is 0.0205. The Bertz CT molecular complexity index is 447. The Morgan fingerprint density at radius 3 is 3.11 bits per heavy atom. The number of nitrogens with zero attached hydrogens (tertiary/aromatic N) is 2. The summed E-state index contributed by atoms with van der Waals surface area (Å²) in [5.74, 6) is 1.33. The Balaban J connectivity index is 1.56. The van der Waals surface area contributed by atoms with Crippen LogP contribution in [0.3, 0.4) is 0 Å². The first-order valence-electron chi connectivity index (χ1n) is 6.51. The second-order valence-corrected chi connectivity index (χ2v) is 5.40. The summed E-state index contributed by atoms with van der Waals surface area (Å²) in [4.78, 5) is 16.1. The Morgan fingerprint density at radius 2 is 2.44 bits per heavy atom. The van der Waals surface area contributed by atoms with Crippen LogP contribution in [-0.2, 0) is 4.74 Å². The Morgan fingerprint density at radius 1 is 1.61 bits per heavy atom. The van der Waals surface area contributed by atoms with Gasteiger partial charge in [0.25, 0.3) is 5.91 Å². The second kappa shape index (κ2) is 4.35. The molecule has 0 bridgehead atoms. The molecule has 6 heteroatoms. The number of ether oxygens (including phenoxy) is 1. The number of rotatable bonds is 4. The van der Waals surface area contributed by atoms with Crippen molar-refractivity contribution in [3.8, 4) is 0 Å². The normalized spacial score (nSPS) is 27.4. The fourth-order valence-corrected chi connectivity index (χ4v) is 2.24. The number of carbonyl (C=O) groups excluding carboxylic acids is 1. The van der Waals surface area contributed by atoms with Crippen molar-refractivity contribution in [2.75, 3.05) is 13.2 Å². The lowest BCUT2D eigenvalue weighted by Gasteiger charge is -2.22. The minimum Gasteiger partial charge on any atom is -0.373 e. The third-order valence-corrected chi connectivity index (χ3v) is 3.59. The molecule has 98 valence electrons. The smallest absolute Gasteiger partial charge is 0.291 e. The topological polar surface area (TPSA) is 79.9 Å². The number of H-pyrrole nitrogens is 1. The number of nitrogens with one attached hydrogen (secondary N) is 2. The molecule has 6 nitrogen and oxygen atoms in total. The molecule has 3 rings (SSSR count). The summed E-state index contributed by atoms with van der Waals surface area (Å²) < 4.78 is 5.62. The van der Waals surface area contributed by atoms with Gasteiger partial charge in [0.2, 0.25) is 5.82 Å². The largest absolute Gasteiger partial charge is 0.373 e. The fourth-order valence-electron chi connectivity index (χ4n) is 2.24. The highest BCUT2D eigenvalue weighted by atomic mass is 16.5. The third-order valence-electron chi connectivity index (χ3n) is 3.59. The molecule has 0 radical (unpaired) electrons. The minimum absolute atomic E-state index is 0.227. The van der Waals surface area contributed by atoms with Gasteiger partial charge in [0.05, 0.1) is 5.60 Å². The van der Waals surface area contributed by atoms with Crippen molar-refractivity contribution in [2.45, 2.75) is 44.1 Å². The maximum absolute atomic E-state index is 11.9. The lowest BCUT2D eigenvalue weighted by Crippen LogP contribution is -2.40. The quantitative estimate of drug-likeness (QED) is 0.834. The van der Waals surface area contributed by atoms with E-state index in [0.717, 1.165) is 38.1 Å². The van der Waals surface area contributed by atoms with Gasteiger partial charge in [-0.1, -0.05) is 0 Å². The van der Waals surface area contributed by atoms with Gasteiger partial charge < -0.3 is 10.1 Å². The van der Waals surface area contributed by atoms with E-state index in [1.54, 1.807) is 0 Å². The Hall–Kier alpha value is -1.43. The molecule has 1 aromatic heterocycles. The molecule has 1 saturated carbocycles. The van der Waals surface area contributed by atoms with Crippen molar-refractivity contribution >= 4 is 5.91 Å². The third kappa shape index (κ3) is 2.38. The van der Waals surface area contributed by atoms with Gasteiger partial charge in [-0.2, -0.15) is 0 Å². The number of aromatic amines is 1. The molecule has 1 unspecified atom stereocenters. The first-order chi connectivity index (χ1) is 8.66. The van der Waals surface area contributed by atoms with Crippen LogP contribution in [-0.4, -0.2) is 39.8 Å². The highest BCUT2D eigenvalue weighted by Gasteiger charge is 2.31. The predicted octanol–water partition coefficient (Wildman–Crippen LogP) is 0.981. The van der Waals surface area contributed by atoms with Gasteiger partial charge in [0.15, 0.2) is 0 Å². The molecule has 1 atom stereocenters. The van der Waals surface area contributed by atoms with Crippen molar-refractivity contribution < 1.29 is 9.53 Å². The fraction of sp³-hybridized carbons (Fsp3) is 0.750. The van der Waals surface area contributed by atoms with Crippen LogP contribution in [0.15, 0.2) is 0 Å².